The van der Waals surface area contributed by atoms with Crippen LogP contribution in [-0.4, -0.2) is 32.0 Å². The molecule has 26 heavy (non-hydrogen) atoms. The van der Waals surface area contributed by atoms with Gasteiger partial charge in [-0.15, -0.1) is 24.0 Å². The van der Waals surface area contributed by atoms with Crippen molar-refractivity contribution < 1.29 is 9.21 Å². The fourth-order valence-corrected chi connectivity index (χ4v) is 2.49. The van der Waals surface area contributed by atoms with Gasteiger partial charge in [-0.3, -0.25) is 9.79 Å². The van der Waals surface area contributed by atoms with Gasteiger partial charge in [-0.1, -0.05) is 17.7 Å². The van der Waals surface area contributed by atoms with Crippen molar-refractivity contribution in [2.45, 2.75) is 19.8 Å². The molecule has 0 atom stereocenters. The van der Waals surface area contributed by atoms with Gasteiger partial charge in [0, 0.05) is 33.0 Å². The summed E-state index contributed by atoms with van der Waals surface area (Å²) in [4.78, 5) is 16.1. The Balaban J connectivity index is 0.00000338. The Morgan fingerprint density at radius 1 is 1.23 bits per heavy atom. The summed E-state index contributed by atoms with van der Waals surface area (Å²) >= 11 is 6.11. The molecular weight excluding hydrogens is 467 g/mol. The minimum Gasteiger partial charge on any atom is -0.469 e. The first kappa shape index (κ1) is 22.3. The van der Waals surface area contributed by atoms with Crippen LogP contribution >= 0.6 is 35.6 Å². The number of benzene rings is 1. The molecule has 0 unspecified atom stereocenters. The molecule has 1 aromatic heterocycles. The van der Waals surface area contributed by atoms with E-state index in [2.05, 4.69) is 20.9 Å². The molecule has 0 saturated carbocycles. The molecule has 2 rings (SSSR count). The number of aryl methyl sites for hydroxylation is 1. The highest BCUT2D eigenvalue weighted by Crippen LogP contribution is 2.22. The lowest BCUT2D eigenvalue weighted by Gasteiger charge is -2.12. The van der Waals surface area contributed by atoms with Crippen molar-refractivity contribution in [2.75, 3.05) is 25.5 Å². The standard InChI is InChI=1S/C18H23ClN4O2.HI/c1-13-5-6-16(15(19)12-13)23-17(24)8-10-22-18(20-2)21-9-7-14-4-3-11-25-14;/h3-6,11-12H,7-10H2,1-2H3,(H,23,24)(H2,20,21,22);1H. The number of guanidine groups is 1. The number of carbonyl (C=O) groups is 1. The number of nitrogens with zero attached hydrogens (tertiary/aromatic N) is 1. The maximum absolute atomic E-state index is 12.0. The summed E-state index contributed by atoms with van der Waals surface area (Å²) in [6, 6.07) is 9.32. The first-order valence-electron chi connectivity index (χ1n) is 8.11. The van der Waals surface area contributed by atoms with Crippen LogP contribution in [0, 0.1) is 6.92 Å². The van der Waals surface area contributed by atoms with Gasteiger partial charge in [0.1, 0.15) is 5.76 Å². The molecule has 1 aromatic carbocycles. The second-order valence-corrected chi connectivity index (χ2v) is 5.94. The first-order chi connectivity index (χ1) is 12.1. The van der Waals surface area contributed by atoms with Crippen LogP contribution in [0.5, 0.6) is 0 Å². The molecule has 8 heteroatoms. The van der Waals surface area contributed by atoms with Crippen LogP contribution in [0.25, 0.3) is 0 Å². The van der Waals surface area contributed by atoms with E-state index < -0.39 is 0 Å². The van der Waals surface area contributed by atoms with Gasteiger partial charge in [0.15, 0.2) is 5.96 Å². The van der Waals surface area contributed by atoms with E-state index in [0.717, 1.165) is 17.7 Å². The molecule has 0 aliphatic heterocycles. The Bertz CT molecular complexity index is 720. The molecule has 0 fully saturated rings. The molecule has 0 bridgehead atoms. The number of aliphatic imine (C=N–C) groups is 1. The molecular formula is C18H24ClIN4O2. The summed E-state index contributed by atoms with van der Waals surface area (Å²) in [6.07, 6.45) is 2.73. The van der Waals surface area contributed by atoms with Gasteiger partial charge in [-0.05, 0) is 36.8 Å². The van der Waals surface area contributed by atoms with Crippen molar-refractivity contribution in [3.8, 4) is 0 Å². The Kier molecular flexibility index (Phi) is 10.1. The predicted octanol–water partition coefficient (Wildman–Crippen LogP) is 3.60. The average molecular weight is 491 g/mol. The highest BCUT2D eigenvalue weighted by molar-refractivity contribution is 14.0. The van der Waals surface area contributed by atoms with Gasteiger partial charge in [0.25, 0.3) is 0 Å². The number of hydrogen-bond donors (Lipinski definition) is 3. The highest BCUT2D eigenvalue weighted by atomic mass is 127. The van der Waals surface area contributed by atoms with E-state index in [9.17, 15) is 4.79 Å². The van der Waals surface area contributed by atoms with Crippen LogP contribution < -0.4 is 16.0 Å². The summed E-state index contributed by atoms with van der Waals surface area (Å²) in [5.41, 5.74) is 1.67. The number of halogens is 2. The minimum atomic E-state index is -0.107. The zero-order valence-electron chi connectivity index (χ0n) is 14.8. The number of carbonyl (C=O) groups excluding carboxylic acids is 1. The second-order valence-electron chi connectivity index (χ2n) is 5.54. The van der Waals surface area contributed by atoms with Crippen LogP contribution in [0.1, 0.15) is 17.7 Å². The summed E-state index contributed by atoms with van der Waals surface area (Å²) in [6.45, 7) is 3.11. The third-order valence-corrected chi connectivity index (χ3v) is 3.82. The zero-order chi connectivity index (χ0) is 18.1. The largest absolute Gasteiger partial charge is 0.469 e. The van der Waals surface area contributed by atoms with Crippen molar-refractivity contribution >= 4 is 53.1 Å². The maximum Gasteiger partial charge on any atom is 0.226 e. The number of amides is 1. The lowest BCUT2D eigenvalue weighted by atomic mass is 10.2. The monoisotopic (exact) mass is 490 g/mol. The molecule has 1 amide bonds. The zero-order valence-corrected chi connectivity index (χ0v) is 17.9. The van der Waals surface area contributed by atoms with E-state index in [0.29, 0.717) is 36.2 Å². The predicted molar refractivity (Wildman–Crippen MR) is 117 cm³/mol. The van der Waals surface area contributed by atoms with Crippen molar-refractivity contribution in [3.63, 3.8) is 0 Å². The normalized spacial score (nSPS) is 10.8. The fraction of sp³-hybridized carbons (Fsp3) is 0.333. The van der Waals surface area contributed by atoms with E-state index in [4.69, 9.17) is 16.0 Å². The van der Waals surface area contributed by atoms with Crippen LogP contribution in [0.3, 0.4) is 0 Å². The number of furan rings is 1. The summed E-state index contributed by atoms with van der Waals surface area (Å²) in [7, 11) is 1.69. The van der Waals surface area contributed by atoms with Crippen LogP contribution in [0.2, 0.25) is 5.02 Å². The summed E-state index contributed by atoms with van der Waals surface area (Å²) < 4.78 is 5.27. The van der Waals surface area contributed by atoms with E-state index in [1.807, 2.05) is 31.2 Å². The Morgan fingerprint density at radius 2 is 2.00 bits per heavy atom. The first-order valence-corrected chi connectivity index (χ1v) is 8.49. The summed E-state index contributed by atoms with van der Waals surface area (Å²) in [5, 5.41) is 9.62. The van der Waals surface area contributed by atoms with E-state index in [-0.39, 0.29) is 29.9 Å². The molecule has 0 aliphatic rings. The number of hydrogen-bond acceptors (Lipinski definition) is 3. The molecule has 2 aromatic rings. The SMILES string of the molecule is CN=C(NCCC(=O)Nc1ccc(C)cc1Cl)NCCc1ccco1.I. The third-order valence-electron chi connectivity index (χ3n) is 3.51. The molecule has 0 aliphatic carbocycles. The van der Waals surface area contributed by atoms with E-state index >= 15 is 0 Å². The Morgan fingerprint density at radius 3 is 2.65 bits per heavy atom. The topological polar surface area (TPSA) is 78.7 Å². The molecule has 0 spiro atoms. The Labute approximate surface area is 175 Å². The van der Waals surface area contributed by atoms with Gasteiger partial charge < -0.3 is 20.4 Å². The smallest absolute Gasteiger partial charge is 0.226 e. The van der Waals surface area contributed by atoms with Crippen molar-refractivity contribution in [3.05, 3.63) is 52.9 Å². The average Bonchev–Trinajstić information content (AvgIpc) is 3.09. The van der Waals surface area contributed by atoms with Crippen molar-refractivity contribution in [1.82, 2.24) is 10.6 Å². The molecule has 0 saturated heterocycles. The van der Waals surface area contributed by atoms with E-state index in [1.54, 1.807) is 19.4 Å². The van der Waals surface area contributed by atoms with Crippen molar-refractivity contribution in [1.29, 1.82) is 0 Å². The van der Waals surface area contributed by atoms with Gasteiger partial charge >= 0.3 is 0 Å². The maximum atomic E-state index is 12.0. The van der Waals surface area contributed by atoms with Gasteiger partial charge in [0.05, 0.1) is 17.0 Å². The molecule has 3 N–H and O–H groups in total. The Hall–Kier alpha value is -1.74. The van der Waals surface area contributed by atoms with Gasteiger partial charge in [0.2, 0.25) is 5.91 Å². The fourth-order valence-electron chi connectivity index (χ4n) is 2.21. The minimum absolute atomic E-state index is 0. The molecule has 1 heterocycles. The lowest BCUT2D eigenvalue weighted by molar-refractivity contribution is -0.116. The van der Waals surface area contributed by atoms with Gasteiger partial charge in [-0.25, -0.2) is 0 Å². The lowest BCUT2D eigenvalue weighted by Crippen LogP contribution is -2.39. The highest BCUT2D eigenvalue weighted by Gasteiger charge is 2.06. The third kappa shape index (κ3) is 7.65. The number of rotatable bonds is 7. The number of anilines is 1. The van der Waals surface area contributed by atoms with Gasteiger partial charge in [-0.2, -0.15) is 0 Å². The van der Waals surface area contributed by atoms with Crippen molar-refractivity contribution in [2.24, 2.45) is 4.99 Å². The van der Waals surface area contributed by atoms with Crippen LogP contribution in [0.15, 0.2) is 46.0 Å². The molecule has 6 nitrogen and oxygen atoms in total. The van der Waals surface area contributed by atoms with Crippen LogP contribution in [0.4, 0.5) is 5.69 Å². The summed E-state index contributed by atoms with van der Waals surface area (Å²) in [5.74, 6) is 1.45. The second kappa shape index (κ2) is 11.8. The quantitative estimate of drug-likeness (QED) is 0.315. The molecule has 0 radical (unpaired) electrons. The number of nitrogens with one attached hydrogen (secondary N) is 3. The van der Waals surface area contributed by atoms with Crippen LogP contribution in [-0.2, 0) is 11.2 Å². The van der Waals surface area contributed by atoms with E-state index in [1.165, 1.54) is 0 Å². The molecule has 142 valence electrons.